The zero-order chi connectivity index (χ0) is 22.5. The number of nitrogens with one attached hydrogen (secondary N) is 1. The molecule has 0 fully saturated rings. The molecule has 0 aromatic rings. The molecule has 3 N–H and O–H groups in total. The molecule has 0 radical (unpaired) electrons. The van der Waals surface area contributed by atoms with Gasteiger partial charge in [-0.05, 0) is 87.4 Å². The molecule has 0 aliphatic rings. The third-order valence-electron chi connectivity index (χ3n) is 3.90. The maximum Gasteiger partial charge on any atom is 0.410 e. The molecule has 8 heteroatoms. The van der Waals surface area contributed by atoms with E-state index in [4.69, 9.17) is 15.2 Å². The smallest absolute Gasteiger partial charge is 0.410 e. The van der Waals surface area contributed by atoms with Gasteiger partial charge in [0, 0.05) is 26.2 Å². The van der Waals surface area contributed by atoms with E-state index in [1.54, 1.807) is 9.80 Å². The molecule has 0 spiro atoms. The number of ether oxygens (including phenoxy) is 2. The Morgan fingerprint density at radius 3 is 1.55 bits per heavy atom. The lowest BCUT2D eigenvalue weighted by atomic mass is 10.2. The summed E-state index contributed by atoms with van der Waals surface area (Å²) in [6.45, 7) is 14.8. The zero-order valence-corrected chi connectivity index (χ0v) is 19.7. The van der Waals surface area contributed by atoms with Crippen LogP contribution in [0.15, 0.2) is 0 Å². The van der Waals surface area contributed by atoms with Gasteiger partial charge in [0.25, 0.3) is 0 Å². The van der Waals surface area contributed by atoms with E-state index < -0.39 is 11.2 Å². The van der Waals surface area contributed by atoms with Crippen molar-refractivity contribution in [2.24, 2.45) is 5.73 Å². The highest BCUT2D eigenvalue weighted by molar-refractivity contribution is 5.68. The summed E-state index contributed by atoms with van der Waals surface area (Å²) in [4.78, 5) is 28.4. The Labute approximate surface area is 177 Å². The second kappa shape index (κ2) is 13.6. The molecule has 0 aromatic carbocycles. The van der Waals surface area contributed by atoms with E-state index in [-0.39, 0.29) is 12.2 Å². The maximum absolute atomic E-state index is 12.6. The van der Waals surface area contributed by atoms with Gasteiger partial charge in [0.05, 0.1) is 0 Å². The van der Waals surface area contributed by atoms with Gasteiger partial charge >= 0.3 is 12.2 Å². The number of rotatable bonds is 12. The summed E-state index contributed by atoms with van der Waals surface area (Å²) < 4.78 is 11.0. The second-order valence-corrected chi connectivity index (χ2v) is 9.24. The number of carbonyl (C=O) groups excluding carboxylic acids is 2. The molecule has 0 aromatic heterocycles. The molecule has 0 bridgehead atoms. The van der Waals surface area contributed by atoms with Crippen molar-refractivity contribution in [2.75, 3.05) is 46.3 Å². The average molecular weight is 417 g/mol. The summed E-state index contributed by atoms with van der Waals surface area (Å²) in [5.74, 6) is 0. The average Bonchev–Trinajstić information content (AvgIpc) is 2.56. The molecule has 0 heterocycles. The van der Waals surface area contributed by atoms with E-state index in [9.17, 15) is 9.59 Å². The molecule has 0 aliphatic carbocycles. The lowest BCUT2D eigenvalue weighted by Gasteiger charge is -2.30. The molecule has 0 unspecified atom stereocenters. The zero-order valence-electron chi connectivity index (χ0n) is 19.7. The Morgan fingerprint density at radius 2 is 1.17 bits per heavy atom. The van der Waals surface area contributed by atoms with Crippen LogP contribution in [0.3, 0.4) is 0 Å². The second-order valence-electron chi connectivity index (χ2n) is 9.24. The molecule has 2 amide bonds. The van der Waals surface area contributed by atoms with Gasteiger partial charge in [0.15, 0.2) is 0 Å². The van der Waals surface area contributed by atoms with Crippen LogP contribution in [0.5, 0.6) is 0 Å². The molecule has 172 valence electrons. The first-order chi connectivity index (χ1) is 13.4. The number of amides is 2. The molecular weight excluding hydrogens is 372 g/mol. The number of hydrogen-bond acceptors (Lipinski definition) is 6. The Bertz CT molecular complexity index is 472. The van der Waals surface area contributed by atoms with E-state index in [0.29, 0.717) is 45.6 Å². The van der Waals surface area contributed by atoms with Crippen LogP contribution in [0.25, 0.3) is 0 Å². The molecule has 29 heavy (non-hydrogen) atoms. The summed E-state index contributed by atoms with van der Waals surface area (Å²) in [5.41, 5.74) is 4.52. The first kappa shape index (κ1) is 27.5. The minimum atomic E-state index is -0.548. The van der Waals surface area contributed by atoms with E-state index in [0.717, 1.165) is 19.4 Å². The monoisotopic (exact) mass is 416 g/mol. The number of nitrogens with zero attached hydrogens (tertiary/aromatic N) is 2. The standard InChI is InChI=1S/C21H44N4O4/c1-20(2,3)28-18(26)24(14-9-8-13-23-7)16-11-17-25(15-10-12-22)19(27)29-21(4,5)6/h23H,8-17,22H2,1-7H3. The molecule has 0 atom stereocenters. The Kier molecular flexibility index (Phi) is 12.9. The SMILES string of the molecule is CNCCCCN(CCCN(CCCN)C(=O)OC(C)(C)C)C(=O)OC(C)(C)C. The Balaban J connectivity index is 4.83. The number of nitrogens with two attached hydrogens (primary N) is 1. The van der Waals surface area contributed by atoms with Crippen LogP contribution in [-0.2, 0) is 9.47 Å². The quantitative estimate of drug-likeness (QED) is 0.474. The van der Waals surface area contributed by atoms with Crippen LogP contribution in [0, 0.1) is 0 Å². The largest absolute Gasteiger partial charge is 0.444 e. The summed E-state index contributed by atoms with van der Waals surface area (Å²) >= 11 is 0. The highest BCUT2D eigenvalue weighted by Crippen LogP contribution is 2.13. The topological polar surface area (TPSA) is 97.1 Å². The van der Waals surface area contributed by atoms with Gasteiger partial charge in [-0.1, -0.05) is 0 Å². The van der Waals surface area contributed by atoms with Crippen LogP contribution < -0.4 is 11.1 Å². The van der Waals surface area contributed by atoms with Gasteiger partial charge in [-0.3, -0.25) is 0 Å². The Morgan fingerprint density at radius 1 is 0.759 bits per heavy atom. The molecule has 8 nitrogen and oxygen atoms in total. The van der Waals surface area contributed by atoms with Crippen molar-refractivity contribution in [1.29, 1.82) is 0 Å². The predicted octanol–water partition coefficient (Wildman–Crippen LogP) is 3.20. The lowest BCUT2D eigenvalue weighted by molar-refractivity contribution is 0.0203. The van der Waals surface area contributed by atoms with Crippen molar-refractivity contribution in [1.82, 2.24) is 15.1 Å². The lowest BCUT2D eigenvalue weighted by Crippen LogP contribution is -2.41. The van der Waals surface area contributed by atoms with Crippen LogP contribution in [0.2, 0.25) is 0 Å². The van der Waals surface area contributed by atoms with Crippen molar-refractivity contribution in [3.05, 3.63) is 0 Å². The summed E-state index contributed by atoms with van der Waals surface area (Å²) in [5, 5.41) is 3.11. The minimum absolute atomic E-state index is 0.312. The highest BCUT2D eigenvalue weighted by Gasteiger charge is 2.24. The van der Waals surface area contributed by atoms with Gasteiger partial charge in [0.1, 0.15) is 11.2 Å². The molecule has 0 saturated heterocycles. The third kappa shape index (κ3) is 15.0. The molecule has 0 rings (SSSR count). The minimum Gasteiger partial charge on any atom is -0.444 e. The van der Waals surface area contributed by atoms with E-state index in [2.05, 4.69) is 5.32 Å². The Hall–Kier alpha value is -1.54. The first-order valence-electron chi connectivity index (χ1n) is 10.7. The maximum atomic E-state index is 12.6. The number of carbonyl (C=O) groups is 2. The van der Waals surface area contributed by atoms with E-state index >= 15 is 0 Å². The van der Waals surface area contributed by atoms with Crippen molar-refractivity contribution < 1.29 is 19.1 Å². The van der Waals surface area contributed by atoms with Crippen molar-refractivity contribution in [3.63, 3.8) is 0 Å². The van der Waals surface area contributed by atoms with Crippen molar-refractivity contribution in [2.45, 2.75) is 78.4 Å². The van der Waals surface area contributed by atoms with Crippen molar-refractivity contribution >= 4 is 12.2 Å². The fourth-order valence-corrected chi connectivity index (χ4v) is 2.58. The van der Waals surface area contributed by atoms with Gasteiger partial charge in [0.2, 0.25) is 0 Å². The first-order valence-corrected chi connectivity index (χ1v) is 10.7. The van der Waals surface area contributed by atoms with Crippen LogP contribution in [0.4, 0.5) is 9.59 Å². The fourth-order valence-electron chi connectivity index (χ4n) is 2.58. The fraction of sp³-hybridized carbons (Fsp3) is 0.905. The predicted molar refractivity (Wildman–Crippen MR) is 117 cm³/mol. The van der Waals surface area contributed by atoms with Crippen molar-refractivity contribution in [3.8, 4) is 0 Å². The molecular formula is C21H44N4O4. The van der Waals surface area contributed by atoms with E-state index in [1.165, 1.54) is 0 Å². The van der Waals surface area contributed by atoms with Gasteiger partial charge in [-0.25, -0.2) is 9.59 Å². The normalized spacial score (nSPS) is 11.9. The summed E-state index contributed by atoms with van der Waals surface area (Å²) in [6.07, 6.45) is 2.57. The molecule has 0 saturated carbocycles. The van der Waals surface area contributed by atoms with E-state index in [1.807, 2.05) is 48.6 Å². The highest BCUT2D eigenvalue weighted by atomic mass is 16.6. The van der Waals surface area contributed by atoms with Gasteiger partial charge < -0.3 is 30.3 Å². The van der Waals surface area contributed by atoms with Crippen LogP contribution in [0.1, 0.15) is 67.2 Å². The van der Waals surface area contributed by atoms with Crippen LogP contribution in [-0.4, -0.2) is 79.5 Å². The molecule has 0 aliphatic heterocycles. The number of hydrogen-bond donors (Lipinski definition) is 2. The summed E-state index contributed by atoms with van der Waals surface area (Å²) in [6, 6.07) is 0. The summed E-state index contributed by atoms with van der Waals surface area (Å²) in [7, 11) is 1.91. The van der Waals surface area contributed by atoms with Gasteiger partial charge in [-0.15, -0.1) is 0 Å². The van der Waals surface area contributed by atoms with Crippen LogP contribution >= 0.6 is 0 Å². The van der Waals surface area contributed by atoms with Gasteiger partial charge in [-0.2, -0.15) is 0 Å². The number of unbranched alkanes of at least 4 members (excludes halogenated alkanes) is 1. The third-order valence-corrected chi connectivity index (χ3v) is 3.90.